The molecule has 2 aromatic heterocycles. The molecule has 146 valence electrons. The van der Waals surface area contributed by atoms with Crippen molar-refractivity contribution >= 4 is 0 Å². The SMILES string of the molecule is C=CCn1ncc(CN2CCC(Cc3nncn3-c3ccccc3)CC2)c1C. The van der Waals surface area contributed by atoms with Crippen molar-refractivity contribution in [2.45, 2.75) is 39.3 Å². The molecule has 28 heavy (non-hydrogen) atoms. The summed E-state index contributed by atoms with van der Waals surface area (Å²) in [5.41, 5.74) is 3.70. The summed E-state index contributed by atoms with van der Waals surface area (Å²) in [7, 11) is 0. The van der Waals surface area contributed by atoms with E-state index >= 15 is 0 Å². The third kappa shape index (κ3) is 4.07. The van der Waals surface area contributed by atoms with Crippen molar-refractivity contribution in [1.29, 1.82) is 0 Å². The van der Waals surface area contributed by atoms with Crippen molar-refractivity contribution in [1.82, 2.24) is 29.4 Å². The fourth-order valence-corrected chi connectivity index (χ4v) is 4.00. The maximum Gasteiger partial charge on any atom is 0.137 e. The Labute approximate surface area is 166 Å². The number of hydrogen-bond donors (Lipinski definition) is 0. The number of aromatic nitrogens is 5. The highest BCUT2D eigenvalue weighted by molar-refractivity contribution is 5.32. The molecule has 0 radical (unpaired) electrons. The van der Waals surface area contributed by atoms with E-state index in [-0.39, 0.29) is 0 Å². The highest BCUT2D eigenvalue weighted by Crippen LogP contribution is 2.24. The second-order valence-corrected chi connectivity index (χ2v) is 7.60. The Balaban J connectivity index is 1.33. The normalized spacial score (nSPS) is 15.8. The van der Waals surface area contributed by atoms with Crippen LogP contribution in [0.25, 0.3) is 5.69 Å². The molecule has 1 saturated heterocycles. The van der Waals surface area contributed by atoms with Gasteiger partial charge in [0.15, 0.2) is 0 Å². The van der Waals surface area contributed by atoms with Gasteiger partial charge in [0.2, 0.25) is 0 Å². The summed E-state index contributed by atoms with van der Waals surface area (Å²) in [4.78, 5) is 2.54. The van der Waals surface area contributed by atoms with Crippen molar-refractivity contribution < 1.29 is 0 Å². The number of rotatable bonds is 7. The second kappa shape index (κ2) is 8.52. The van der Waals surface area contributed by atoms with Crippen LogP contribution in [0, 0.1) is 12.8 Å². The molecule has 1 aliphatic rings. The fourth-order valence-electron chi connectivity index (χ4n) is 4.00. The molecule has 0 amide bonds. The Kier molecular flexibility index (Phi) is 5.67. The van der Waals surface area contributed by atoms with Gasteiger partial charge in [-0.05, 0) is 50.9 Å². The van der Waals surface area contributed by atoms with Gasteiger partial charge in [-0.15, -0.1) is 16.8 Å². The topological polar surface area (TPSA) is 51.8 Å². The summed E-state index contributed by atoms with van der Waals surface area (Å²) in [6.45, 7) is 9.95. The monoisotopic (exact) mass is 376 g/mol. The highest BCUT2D eigenvalue weighted by Gasteiger charge is 2.22. The molecular weight excluding hydrogens is 348 g/mol. The Hall–Kier alpha value is -2.73. The second-order valence-electron chi connectivity index (χ2n) is 7.60. The molecule has 1 fully saturated rings. The third-order valence-electron chi connectivity index (χ3n) is 5.73. The summed E-state index contributed by atoms with van der Waals surface area (Å²) >= 11 is 0. The van der Waals surface area contributed by atoms with Crippen molar-refractivity contribution in [3.63, 3.8) is 0 Å². The molecule has 0 saturated carbocycles. The maximum atomic E-state index is 4.48. The first-order chi connectivity index (χ1) is 13.7. The first-order valence-corrected chi connectivity index (χ1v) is 10.0. The number of allylic oxidation sites excluding steroid dienone is 1. The van der Waals surface area contributed by atoms with Gasteiger partial charge in [-0.3, -0.25) is 14.1 Å². The van der Waals surface area contributed by atoms with Crippen molar-refractivity contribution in [2.24, 2.45) is 5.92 Å². The third-order valence-corrected chi connectivity index (χ3v) is 5.73. The van der Waals surface area contributed by atoms with Crippen molar-refractivity contribution in [3.8, 4) is 5.69 Å². The Bertz CT molecular complexity index is 902. The van der Waals surface area contributed by atoms with E-state index in [0.717, 1.165) is 44.1 Å². The molecule has 4 rings (SSSR count). The average Bonchev–Trinajstić information content (AvgIpc) is 3.32. The molecule has 1 aliphatic heterocycles. The van der Waals surface area contributed by atoms with E-state index in [1.807, 2.05) is 29.3 Å². The van der Waals surface area contributed by atoms with Gasteiger partial charge in [0, 0.05) is 29.9 Å². The van der Waals surface area contributed by atoms with Gasteiger partial charge in [-0.1, -0.05) is 24.3 Å². The molecule has 6 nitrogen and oxygen atoms in total. The maximum absolute atomic E-state index is 4.48. The molecule has 0 aliphatic carbocycles. The summed E-state index contributed by atoms with van der Waals surface area (Å²) in [5, 5.41) is 13.0. The van der Waals surface area contributed by atoms with E-state index in [2.05, 4.69) is 62.5 Å². The number of benzene rings is 1. The van der Waals surface area contributed by atoms with Crippen LogP contribution in [-0.4, -0.2) is 42.5 Å². The Morgan fingerprint density at radius 2 is 1.96 bits per heavy atom. The first-order valence-electron chi connectivity index (χ1n) is 10.0. The van der Waals surface area contributed by atoms with Crippen LogP contribution >= 0.6 is 0 Å². The minimum Gasteiger partial charge on any atom is -0.299 e. The molecule has 6 heteroatoms. The van der Waals surface area contributed by atoms with Crippen LogP contribution < -0.4 is 0 Å². The molecule has 3 heterocycles. The molecule has 0 spiro atoms. The molecule has 3 aromatic rings. The molecule has 0 unspecified atom stereocenters. The summed E-state index contributed by atoms with van der Waals surface area (Å²) in [6, 6.07) is 10.3. The van der Waals surface area contributed by atoms with Gasteiger partial charge in [0.25, 0.3) is 0 Å². The summed E-state index contributed by atoms with van der Waals surface area (Å²) in [5.74, 6) is 1.72. The minimum absolute atomic E-state index is 0.660. The molecule has 0 N–H and O–H groups in total. The van der Waals surface area contributed by atoms with Crippen LogP contribution in [0.2, 0.25) is 0 Å². The van der Waals surface area contributed by atoms with E-state index in [1.54, 1.807) is 0 Å². The van der Waals surface area contributed by atoms with Crippen LogP contribution in [0.3, 0.4) is 0 Å². The quantitative estimate of drug-likeness (QED) is 0.593. The van der Waals surface area contributed by atoms with E-state index in [4.69, 9.17) is 0 Å². The lowest BCUT2D eigenvalue weighted by molar-refractivity contribution is 0.175. The number of nitrogens with zero attached hydrogens (tertiary/aromatic N) is 6. The van der Waals surface area contributed by atoms with Gasteiger partial charge < -0.3 is 0 Å². The van der Waals surface area contributed by atoms with E-state index < -0.39 is 0 Å². The van der Waals surface area contributed by atoms with Gasteiger partial charge in [-0.25, -0.2) is 0 Å². The largest absolute Gasteiger partial charge is 0.299 e. The number of likely N-dealkylation sites (tertiary alicyclic amines) is 1. The van der Waals surface area contributed by atoms with Crippen molar-refractivity contribution in [3.05, 3.63) is 72.6 Å². The molecule has 1 aromatic carbocycles. The Morgan fingerprint density at radius 3 is 2.71 bits per heavy atom. The van der Waals surface area contributed by atoms with Gasteiger partial charge in [0.1, 0.15) is 12.2 Å². The predicted molar refractivity (Wildman–Crippen MR) is 110 cm³/mol. The zero-order valence-electron chi connectivity index (χ0n) is 16.5. The van der Waals surface area contributed by atoms with Crippen LogP contribution in [0.1, 0.15) is 29.9 Å². The lowest BCUT2D eigenvalue weighted by atomic mass is 9.93. The van der Waals surface area contributed by atoms with Gasteiger partial charge >= 0.3 is 0 Å². The smallest absolute Gasteiger partial charge is 0.137 e. The zero-order valence-corrected chi connectivity index (χ0v) is 16.5. The van der Waals surface area contributed by atoms with Crippen LogP contribution in [0.15, 0.2) is 55.5 Å². The highest BCUT2D eigenvalue weighted by atomic mass is 15.3. The fraction of sp³-hybridized carbons (Fsp3) is 0.409. The lowest BCUT2D eigenvalue weighted by Gasteiger charge is -2.31. The van der Waals surface area contributed by atoms with Gasteiger partial charge in [0.05, 0.1) is 12.7 Å². The summed E-state index contributed by atoms with van der Waals surface area (Å²) in [6.07, 6.45) is 9.10. The molecular formula is C22H28N6. The van der Waals surface area contributed by atoms with Crippen LogP contribution in [-0.2, 0) is 19.5 Å². The number of piperidine rings is 1. The molecule has 0 atom stereocenters. The van der Waals surface area contributed by atoms with Crippen molar-refractivity contribution in [2.75, 3.05) is 13.1 Å². The predicted octanol–water partition coefficient (Wildman–Crippen LogP) is 3.41. The number of hydrogen-bond acceptors (Lipinski definition) is 4. The number of para-hydroxylation sites is 1. The first kappa shape index (κ1) is 18.6. The Morgan fingerprint density at radius 1 is 1.18 bits per heavy atom. The van der Waals surface area contributed by atoms with E-state index in [1.165, 1.54) is 24.1 Å². The van der Waals surface area contributed by atoms with Gasteiger partial charge in [-0.2, -0.15) is 5.10 Å². The minimum atomic E-state index is 0.660. The van der Waals surface area contributed by atoms with Crippen LogP contribution in [0.4, 0.5) is 0 Å². The van der Waals surface area contributed by atoms with Crippen LogP contribution in [0.5, 0.6) is 0 Å². The standard InChI is InChI=1S/C22H28N6/c1-3-11-28-18(2)20(15-24-28)16-26-12-9-19(10-13-26)14-22-25-23-17-27(22)21-7-5-4-6-8-21/h3-8,15,17,19H,1,9-14,16H2,2H3. The average molecular weight is 377 g/mol. The zero-order chi connectivity index (χ0) is 19.3. The lowest BCUT2D eigenvalue weighted by Crippen LogP contribution is -2.34. The molecule has 0 bridgehead atoms. The summed E-state index contributed by atoms with van der Waals surface area (Å²) < 4.78 is 4.13. The van der Waals surface area contributed by atoms with E-state index in [0.29, 0.717) is 5.92 Å². The van der Waals surface area contributed by atoms with E-state index in [9.17, 15) is 0 Å².